The zero-order valence-electron chi connectivity index (χ0n) is 31.9. The lowest BCUT2D eigenvalue weighted by Crippen LogP contribution is -2.58. The molecular weight excluding hydrogens is 710 g/mol. The van der Waals surface area contributed by atoms with E-state index in [1.165, 1.54) is 12.1 Å². The van der Waals surface area contributed by atoms with E-state index in [2.05, 4.69) is 31.6 Å². The molecule has 0 fully saturated rings. The van der Waals surface area contributed by atoms with Gasteiger partial charge >= 0.3 is 5.97 Å². The van der Waals surface area contributed by atoms with Crippen molar-refractivity contribution in [3.8, 4) is 5.75 Å². The number of aromatic hydroxyl groups is 1. The highest BCUT2D eigenvalue weighted by molar-refractivity contribution is 5.95. The number of nitrogens with two attached hydrogens (primary N) is 3. The molecule has 0 saturated carbocycles. The number of nitrogens with one attached hydrogen (secondary N) is 5. The van der Waals surface area contributed by atoms with E-state index in [1.54, 1.807) is 19.1 Å². The van der Waals surface area contributed by atoms with Crippen LogP contribution in [0.4, 0.5) is 0 Å². The van der Waals surface area contributed by atoms with Gasteiger partial charge in [0.15, 0.2) is 5.96 Å². The van der Waals surface area contributed by atoms with Crippen LogP contribution in [0.15, 0.2) is 59.6 Å². The fourth-order valence-electron chi connectivity index (χ4n) is 5.53. The van der Waals surface area contributed by atoms with Crippen LogP contribution in [0.2, 0.25) is 0 Å². The Bertz CT molecular complexity index is 1600. The molecule has 0 aliphatic rings. The molecule has 0 aliphatic carbocycles. The summed E-state index contributed by atoms with van der Waals surface area (Å²) in [6.45, 7) is 6.75. The molecule has 0 aromatic heterocycles. The number of carbonyl (C=O) groups excluding carboxylic acids is 5. The van der Waals surface area contributed by atoms with Gasteiger partial charge in [0.05, 0.1) is 12.6 Å². The molecule has 17 heteroatoms. The van der Waals surface area contributed by atoms with Gasteiger partial charge in [-0.1, -0.05) is 76.6 Å². The fraction of sp³-hybridized carbons (Fsp3) is 0.500. The molecule has 55 heavy (non-hydrogen) atoms. The summed E-state index contributed by atoms with van der Waals surface area (Å²) in [5.41, 5.74) is 18.4. The van der Waals surface area contributed by atoms with E-state index in [4.69, 9.17) is 17.2 Å². The molecule has 302 valence electrons. The predicted molar refractivity (Wildman–Crippen MR) is 207 cm³/mol. The second-order valence-electron chi connectivity index (χ2n) is 13.9. The topological polar surface area (TPSA) is 293 Å². The van der Waals surface area contributed by atoms with Crippen molar-refractivity contribution in [2.24, 2.45) is 34.0 Å². The first-order chi connectivity index (χ1) is 26.0. The van der Waals surface area contributed by atoms with Crippen molar-refractivity contribution < 1.29 is 39.0 Å². The minimum atomic E-state index is -1.22. The molecule has 6 atom stereocenters. The highest BCUT2D eigenvalue weighted by Crippen LogP contribution is 2.14. The third-order valence-electron chi connectivity index (χ3n) is 8.78. The molecule has 0 radical (unpaired) electrons. The van der Waals surface area contributed by atoms with Gasteiger partial charge in [0, 0.05) is 13.0 Å². The van der Waals surface area contributed by atoms with Crippen molar-refractivity contribution in [3.05, 3.63) is 65.7 Å². The molecule has 2 aromatic rings. The number of carbonyl (C=O) groups is 6. The van der Waals surface area contributed by atoms with Crippen molar-refractivity contribution in [1.29, 1.82) is 0 Å². The van der Waals surface area contributed by atoms with Crippen molar-refractivity contribution in [2.75, 3.05) is 13.1 Å². The van der Waals surface area contributed by atoms with E-state index >= 15 is 0 Å². The maximum atomic E-state index is 13.8. The van der Waals surface area contributed by atoms with Gasteiger partial charge in [-0.3, -0.25) is 29.0 Å². The van der Waals surface area contributed by atoms with Gasteiger partial charge in [-0.2, -0.15) is 0 Å². The first-order valence-corrected chi connectivity index (χ1v) is 18.3. The minimum absolute atomic E-state index is 0.0136. The van der Waals surface area contributed by atoms with Crippen molar-refractivity contribution in [3.63, 3.8) is 0 Å². The van der Waals surface area contributed by atoms with E-state index in [0.29, 0.717) is 12.0 Å². The van der Waals surface area contributed by atoms with Gasteiger partial charge in [-0.05, 0) is 60.8 Å². The number of amides is 5. The molecule has 13 N–H and O–H groups in total. The monoisotopic (exact) mass is 767 g/mol. The second kappa shape index (κ2) is 23.2. The molecule has 2 aromatic carbocycles. The summed E-state index contributed by atoms with van der Waals surface area (Å²) in [5, 5.41) is 32.3. The molecular formula is C38H57N9O8. The van der Waals surface area contributed by atoms with Crippen molar-refractivity contribution in [2.45, 2.75) is 96.4 Å². The average molecular weight is 768 g/mol. The van der Waals surface area contributed by atoms with Crippen LogP contribution in [0.3, 0.4) is 0 Å². The molecule has 0 aliphatic heterocycles. The first kappa shape index (κ1) is 45.4. The zero-order valence-corrected chi connectivity index (χ0v) is 31.9. The van der Waals surface area contributed by atoms with Gasteiger partial charge in [-0.25, -0.2) is 4.79 Å². The molecule has 0 spiro atoms. The Morgan fingerprint density at radius 3 is 1.93 bits per heavy atom. The van der Waals surface area contributed by atoms with E-state index < -0.39 is 78.2 Å². The van der Waals surface area contributed by atoms with E-state index in [0.717, 1.165) is 5.56 Å². The molecule has 0 heterocycles. The number of benzene rings is 2. The van der Waals surface area contributed by atoms with Gasteiger partial charge < -0.3 is 54.0 Å². The summed E-state index contributed by atoms with van der Waals surface area (Å²) < 4.78 is 0. The molecule has 0 bridgehead atoms. The molecule has 0 saturated heterocycles. The normalized spacial score (nSPS) is 14.2. The van der Waals surface area contributed by atoms with E-state index in [1.807, 2.05) is 51.1 Å². The first-order valence-electron chi connectivity index (χ1n) is 18.3. The van der Waals surface area contributed by atoms with Gasteiger partial charge in [0.2, 0.25) is 29.5 Å². The van der Waals surface area contributed by atoms with Crippen LogP contribution >= 0.6 is 0 Å². The quantitative estimate of drug-likeness (QED) is 0.0401. The van der Waals surface area contributed by atoms with Gasteiger partial charge in [0.25, 0.3) is 0 Å². The number of phenols is 1. The molecule has 5 amide bonds. The Balaban J connectivity index is 2.19. The number of carboxylic acid groups (broad SMARTS) is 1. The summed E-state index contributed by atoms with van der Waals surface area (Å²) >= 11 is 0. The Hall–Kier alpha value is -5.71. The SMILES string of the molecule is CC[C@H](C)[C@H](NC(=O)[C@H](Cc1ccc(O)cc1)NC(=O)[C@@H](N)Cc1ccccc1)C(=O)NCC(=O)N[C@@H](CCCN=C(N)N)C(=O)N[C@@H](CC(C)C)C(=O)O. The Morgan fingerprint density at radius 1 is 0.745 bits per heavy atom. The number of aliphatic imine (C=N–C) groups is 1. The number of guanidine groups is 1. The zero-order chi connectivity index (χ0) is 41.1. The van der Waals surface area contributed by atoms with Gasteiger partial charge in [-0.15, -0.1) is 0 Å². The van der Waals surface area contributed by atoms with E-state index in [-0.39, 0.29) is 56.3 Å². The highest BCUT2D eigenvalue weighted by Gasteiger charge is 2.32. The number of hydrogen-bond acceptors (Lipinski definition) is 9. The summed E-state index contributed by atoms with van der Waals surface area (Å²) in [6, 6.07) is 9.60. The largest absolute Gasteiger partial charge is 0.508 e. The summed E-state index contributed by atoms with van der Waals surface area (Å²) in [4.78, 5) is 82.5. The van der Waals surface area contributed by atoms with Crippen LogP contribution in [0.5, 0.6) is 5.75 Å². The minimum Gasteiger partial charge on any atom is -0.508 e. The van der Waals surface area contributed by atoms with E-state index in [9.17, 15) is 39.0 Å². The molecule has 2 rings (SSSR count). The molecule has 0 unspecified atom stereocenters. The van der Waals surface area contributed by atoms with Gasteiger partial charge in [0.1, 0.15) is 29.9 Å². The Morgan fingerprint density at radius 2 is 1.35 bits per heavy atom. The van der Waals surface area contributed by atoms with Crippen LogP contribution < -0.4 is 43.8 Å². The van der Waals surface area contributed by atoms with Crippen molar-refractivity contribution in [1.82, 2.24) is 26.6 Å². The number of aliphatic carboxylic acids is 1. The predicted octanol–water partition coefficient (Wildman–Crippen LogP) is -0.209. The average Bonchev–Trinajstić information content (AvgIpc) is 3.13. The molecule has 17 nitrogen and oxygen atoms in total. The second-order valence-corrected chi connectivity index (χ2v) is 13.9. The fourth-order valence-corrected chi connectivity index (χ4v) is 5.53. The summed E-state index contributed by atoms with van der Waals surface area (Å²) in [6.07, 6.45) is 1.18. The number of carboxylic acids is 1. The Kier molecular flexibility index (Phi) is 19.1. The van der Waals surface area contributed by atoms with Crippen LogP contribution in [-0.2, 0) is 41.6 Å². The van der Waals surface area contributed by atoms with Crippen LogP contribution in [-0.4, -0.2) is 95.0 Å². The maximum Gasteiger partial charge on any atom is 0.326 e. The lowest BCUT2D eigenvalue weighted by atomic mass is 9.97. The lowest BCUT2D eigenvalue weighted by Gasteiger charge is -2.27. The van der Waals surface area contributed by atoms with Crippen molar-refractivity contribution >= 4 is 41.5 Å². The number of rotatable bonds is 23. The number of nitrogens with zero attached hydrogens (tertiary/aromatic N) is 1. The van der Waals surface area contributed by atoms with Crippen LogP contribution in [0.1, 0.15) is 64.5 Å². The lowest BCUT2D eigenvalue weighted by molar-refractivity contribution is -0.142. The maximum absolute atomic E-state index is 13.8. The standard InChI is InChI=1S/C38H57N9O8/c1-5-23(4)32(36(53)43-21-31(49)44-28(12-9-17-42-38(40)41)34(51)46-30(37(54)55)18-22(2)3)47-35(52)29(20-25-13-15-26(48)16-14-25)45-33(50)27(39)19-24-10-7-6-8-11-24/h6-8,10-11,13-16,22-23,27-30,32,48H,5,9,12,17-21,39H2,1-4H3,(H,43,53)(H,44,49)(H,45,50)(H,46,51)(H,47,52)(H,54,55)(H4,40,41,42)/t23-,27-,28-,29-,30-,32-/m0/s1. The smallest absolute Gasteiger partial charge is 0.326 e. The third kappa shape index (κ3) is 16.9. The number of phenolic OH excluding ortho intramolecular Hbond substituents is 1. The summed E-state index contributed by atoms with van der Waals surface area (Å²) in [7, 11) is 0. The van der Waals surface area contributed by atoms with Crippen LogP contribution in [0, 0.1) is 11.8 Å². The third-order valence-corrected chi connectivity index (χ3v) is 8.78. The highest BCUT2D eigenvalue weighted by atomic mass is 16.4. The number of hydrogen-bond donors (Lipinski definition) is 10. The Labute approximate surface area is 321 Å². The summed E-state index contributed by atoms with van der Waals surface area (Å²) in [5.74, 6) is -5.24. The van der Waals surface area contributed by atoms with Crippen LogP contribution in [0.25, 0.3) is 0 Å².